The van der Waals surface area contributed by atoms with Crippen LogP contribution < -0.4 is 31.9 Å². The molecule has 23 nitrogen and oxygen atoms in total. The SMILES string of the molecule is COCCOCCOCCOCCOCCOCCOCCOCCC(=O)NCCCC[C@H](NC(=O)CCCCCNC(=O)/C=C\C(=O)OC)C(=O)N[C@H](C(=O)N[C@@H](C)C(=O)Nc1ccc(CO)cc1)C(C)C. The Bertz CT molecular complexity index is 1700. The summed E-state index contributed by atoms with van der Waals surface area (Å²) in [6.07, 6.45) is 5.11. The Morgan fingerprint density at radius 1 is 0.534 bits per heavy atom. The molecule has 73 heavy (non-hydrogen) atoms. The zero-order chi connectivity index (χ0) is 53.7. The van der Waals surface area contributed by atoms with E-state index in [2.05, 4.69) is 36.6 Å². The van der Waals surface area contributed by atoms with E-state index in [1.807, 2.05) is 0 Å². The minimum atomic E-state index is -1.04. The second kappa shape index (κ2) is 44.4. The van der Waals surface area contributed by atoms with E-state index in [1.165, 1.54) is 14.0 Å². The minimum absolute atomic E-state index is 0.0991. The average molecular weight is 1040 g/mol. The Hall–Kier alpha value is -5.11. The van der Waals surface area contributed by atoms with E-state index in [1.54, 1.807) is 45.2 Å². The maximum Gasteiger partial charge on any atom is 0.330 e. The van der Waals surface area contributed by atoms with Crippen LogP contribution >= 0.6 is 0 Å². The molecular weight excluding hydrogens is 957 g/mol. The van der Waals surface area contributed by atoms with E-state index in [4.69, 9.17) is 37.9 Å². The number of benzene rings is 1. The molecule has 0 radical (unpaired) electrons. The molecule has 0 fully saturated rings. The highest BCUT2D eigenvalue weighted by Gasteiger charge is 2.30. The van der Waals surface area contributed by atoms with Crippen LogP contribution in [0.5, 0.6) is 0 Å². The lowest BCUT2D eigenvalue weighted by Gasteiger charge is -2.26. The summed E-state index contributed by atoms with van der Waals surface area (Å²) in [5.41, 5.74) is 1.15. The standard InChI is InChI=1S/C50H84N6O17/c1-38(2)47(50(64)53-39(3)48(62)54-41-15-13-40(37-57)14-16-41)56-49(63)42(55-45(60)12-7-6-9-20-51-43(58)17-18-46(61)66-5)11-8-10-21-52-44(59)19-22-67-25-26-69-29-30-71-33-34-73-36-35-72-32-31-70-28-27-68-24-23-65-4/h13-18,38-39,42,47,57H,6-12,19-37H2,1-5H3,(H,51,58)(H,52,59)(H,53,64)(H,54,62)(H,55,60)(H,56,63)/b18-17-/t39-,42-,47-/m0/s1. The number of carbonyl (C=O) groups is 7. The van der Waals surface area contributed by atoms with Crippen LogP contribution in [-0.4, -0.2) is 191 Å². The molecule has 1 aromatic rings. The Morgan fingerprint density at radius 3 is 1.58 bits per heavy atom. The topological polar surface area (TPSA) is 295 Å². The largest absolute Gasteiger partial charge is 0.466 e. The molecule has 0 spiro atoms. The monoisotopic (exact) mass is 1040 g/mol. The van der Waals surface area contributed by atoms with Gasteiger partial charge in [-0.1, -0.05) is 32.4 Å². The van der Waals surface area contributed by atoms with Gasteiger partial charge in [-0.15, -0.1) is 0 Å². The maximum absolute atomic E-state index is 13.8. The number of esters is 1. The molecule has 3 atom stereocenters. The first-order valence-electron chi connectivity index (χ1n) is 25.1. The summed E-state index contributed by atoms with van der Waals surface area (Å²) < 4.78 is 47.5. The summed E-state index contributed by atoms with van der Waals surface area (Å²) >= 11 is 0. The van der Waals surface area contributed by atoms with E-state index in [9.17, 15) is 38.7 Å². The van der Waals surface area contributed by atoms with Crippen molar-refractivity contribution in [3.63, 3.8) is 0 Å². The molecular formula is C50H84N6O17. The number of amides is 6. The van der Waals surface area contributed by atoms with Crippen molar-refractivity contribution in [2.75, 3.05) is 132 Å². The van der Waals surface area contributed by atoms with E-state index < -0.39 is 47.7 Å². The van der Waals surface area contributed by atoms with Crippen molar-refractivity contribution in [1.82, 2.24) is 26.6 Å². The summed E-state index contributed by atoms with van der Waals surface area (Å²) in [4.78, 5) is 88.7. The van der Waals surface area contributed by atoms with Crippen LogP contribution in [0.4, 0.5) is 5.69 Å². The van der Waals surface area contributed by atoms with Gasteiger partial charge in [-0.2, -0.15) is 0 Å². The van der Waals surface area contributed by atoms with Crippen LogP contribution in [-0.2, 0) is 82.8 Å². The number of aliphatic hydroxyl groups is 1. The minimum Gasteiger partial charge on any atom is -0.466 e. The first-order valence-corrected chi connectivity index (χ1v) is 25.1. The molecule has 1 rings (SSSR count). The van der Waals surface area contributed by atoms with Gasteiger partial charge >= 0.3 is 5.97 Å². The van der Waals surface area contributed by atoms with Crippen molar-refractivity contribution in [2.24, 2.45) is 5.92 Å². The number of hydrogen-bond acceptors (Lipinski definition) is 17. The van der Waals surface area contributed by atoms with Gasteiger partial charge in [0.2, 0.25) is 35.4 Å². The zero-order valence-electron chi connectivity index (χ0n) is 43.6. The molecule has 1 aromatic carbocycles. The summed E-state index contributed by atoms with van der Waals surface area (Å²) in [6, 6.07) is 3.56. The maximum atomic E-state index is 13.8. The predicted molar refractivity (Wildman–Crippen MR) is 269 cm³/mol. The van der Waals surface area contributed by atoms with Gasteiger partial charge in [0.05, 0.1) is 113 Å². The van der Waals surface area contributed by atoms with Crippen LogP contribution in [0.15, 0.2) is 36.4 Å². The van der Waals surface area contributed by atoms with Crippen LogP contribution in [0.3, 0.4) is 0 Å². The van der Waals surface area contributed by atoms with Crippen LogP contribution in [0.1, 0.15) is 77.7 Å². The van der Waals surface area contributed by atoms with Crippen LogP contribution in [0, 0.1) is 5.92 Å². The van der Waals surface area contributed by atoms with Crippen molar-refractivity contribution in [3.8, 4) is 0 Å². The van der Waals surface area contributed by atoms with Gasteiger partial charge in [-0.25, -0.2) is 4.79 Å². The van der Waals surface area contributed by atoms with Crippen LogP contribution in [0.25, 0.3) is 0 Å². The smallest absolute Gasteiger partial charge is 0.330 e. The average Bonchev–Trinajstić information content (AvgIpc) is 3.37. The van der Waals surface area contributed by atoms with Gasteiger partial charge < -0.3 is 79.6 Å². The second-order valence-electron chi connectivity index (χ2n) is 16.8. The highest BCUT2D eigenvalue weighted by Crippen LogP contribution is 2.11. The Balaban J connectivity index is 2.44. The van der Waals surface area contributed by atoms with Gasteiger partial charge in [0, 0.05) is 50.9 Å². The fraction of sp³-hybridized carbons (Fsp3) is 0.700. The second-order valence-corrected chi connectivity index (χ2v) is 16.8. The van der Waals surface area contributed by atoms with Gasteiger partial charge in [0.25, 0.3) is 0 Å². The third-order valence-corrected chi connectivity index (χ3v) is 10.4. The van der Waals surface area contributed by atoms with Gasteiger partial charge in [0.15, 0.2) is 0 Å². The zero-order valence-corrected chi connectivity index (χ0v) is 43.6. The lowest BCUT2D eigenvalue weighted by Crippen LogP contribution is -2.57. The molecule has 23 heteroatoms. The number of hydrogen-bond donors (Lipinski definition) is 7. The molecule has 0 bridgehead atoms. The van der Waals surface area contributed by atoms with Crippen molar-refractivity contribution in [2.45, 2.75) is 96.9 Å². The molecule has 0 aliphatic carbocycles. The number of ether oxygens (including phenoxy) is 9. The lowest BCUT2D eigenvalue weighted by molar-refractivity contribution is -0.135. The number of rotatable bonds is 46. The third-order valence-electron chi connectivity index (χ3n) is 10.4. The van der Waals surface area contributed by atoms with Gasteiger partial charge in [0.1, 0.15) is 18.1 Å². The first-order chi connectivity index (χ1) is 35.3. The van der Waals surface area contributed by atoms with E-state index in [0.717, 1.165) is 12.2 Å². The lowest BCUT2D eigenvalue weighted by atomic mass is 10.0. The highest BCUT2D eigenvalue weighted by atomic mass is 16.6. The fourth-order valence-corrected chi connectivity index (χ4v) is 6.22. The van der Waals surface area contributed by atoms with E-state index in [0.29, 0.717) is 149 Å². The molecule has 0 heterocycles. The number of methoxy groups -OCH3 is 2. The molecule has 6 amide bonds. The number of unbranched alkanes of at least 4 members (excludes halogenated alkanes) is 3. The molecule has 0 aromatic heterocycles. The molecule has 0 unspecified atom stereocenters. The summed E-state index contributed by atoms with van der Waals surface area (Å²) in [7, 11) is 2.83. The van der Waals surface area contributed by atoms with E-state index >= 15 is 0 Å². The Kier molecular flexibility index (Phi) is 40.1. The number of anilines is 1. The normalized spacial score (nSPS) is 12.5. The first kappa shape index (κ1) is 65.9. The molecule has 0 saturated carbocycles. The highest BCUT2D eigenvalue weighted by molar-refractivity contribution is 5.98. The van der Waals surface area contributed by atoms with Gasteiger partial charge in [-0.05, 0) is 62.6 Å². The molecule has 416 valence electrons. The Morgan fingerprint density at radius 2 is 1.05 bits per heavy atom. The summed E-state index contributed by atoms with van der Waals surface area (Å²) in [5.74, 6) is -3.74. The van der Waals surface area contributed by atoms with E-state index in [-0.39, 0.29) is 50.2 Å². The van der Waals surface area contributed by atoms with Crippen molar-refractivity contribution in [1.29, 1.82) is 0 Å². The van der Waals surface area contributed by atoms with Crippen molar-refractivity contribution >= 4 is 47.1 Å². The van der Waals surface area contributed by atoms with Crippen LogP contribution in [0.2, 0.25) is 0 Å². The number of nitrogens with one attached hydrogen (secondary N) is 6. The Labute approximate surface area is 430 Å². The molecule has 0 aliphatic heterocycles. The van der Waals surface area contributed by atoms with Crippen molar-refractivity contribution in [3.05, 3.63) is 42.0 Å². The third kappa shape index (κ3) is 36.5. The fourth-order valence-electron chi connectivity index (χ4n) is 6.22. The quantitative estimate of drug-likeness (QED) is 0.0273. The molecule has 0 aliphatic rings. The van der Waals surface area contributed by atoms with Crippen molar-refractivity contribution < 1.29 is 81.3 Å². The molecule has 7 N–H and O–H groups in total. The summed E-state index contributed by atoms with van der Waals surface area (Å²) in [5, 5.41) is 25.7. The van der Waals surface area contributed by atoms with Gasteiger partial charge in [-0.3, -0.25) is 28.8 Å². The molecule has 0 saturated heterocycles. The predicted octanol–water partition coefficient (Wildman–Crippen LogP) is 1.09. The number of carbonyl (C=O) groups excluding carboxylic acids is 7. The summed E-state index contributed by atoms with van der Waals surface area (Å²) in [6.45, 7) is 12.0. The number of aliphatic hydroxyl groups excluding tert-OH is 1.